The van der Waals surface area contributed by atoms with E-state index >= 15 is 0 Å². The van der Waals surface area contributed by atoms with Gasteiger partial charge in [0.05, 0.1) is 5.56 Å². The van der Waals surface area contributed by atoms with Gasteiger partial charge in [-0.25, -0.2) is 4.79 Å². The molecule has 1 amide bonds. The highest BCUT2D eigenvalue weighted by atomic mass is 35.5. The molecule has 3 rings (SSSR count). The van der Waals surface area contributed by atoms with Crippen molar-refractivity contribution in [3.63, 3.8) is 0 Å². The second kappa shape index (κ2) is 9.73. The van der Waals surface area contributed by atoms with Gasteiger partial charge in [-0.3, -0.25) is 4.79 Å². The van der Waals surface area contributed by atoms with Crippen molar-refractivity contribution in [3.8, 4) is 11.8 Å². The number of ether oxygens (including phenoxy) is 2. The van der Waals surface area contributed by atoms with Crippen LogP contribution in [0.1, 0.15) is 21.5 Å². The predicted octanol–water partition coefficient (Wildman–Crippen LogP) is 4.65. The number of thiophene rings is 1. The molecule has 0 saturated heterocycles. The van der Waals surface area contributed by atoms with Gasteiger partial charge in [0, 0.05) is 5.02 Å². The third-order valence-corrected chi connectivity index (χ3v) is 4.87. The number of benzene rings is 2. The molecule has 1 heterocycles. The van der Waals surface area contributed by atoms with Gasteiger partial charge in [-0.15, -0.1) is 11.3 Å². The lowest BCUT2D eigenvalue weighted by atomic mass is 10.2. The molecule has 3 aromatic rings. The summed E-state index contributed by atoms with van der Waals surface area (Å²) in [4.78, 5) is 24.4. The van der Waals surface area contributed by atoms with Crippen LogP contribution >= 0.6 is 22.9 Å². The number of esters is 1. The van der Waals surface area contributed by atoms with Crippen LogP contribution < -0.4 is 10.1 Å². The Morgan fingerprint density at radius 3 is 2.62 bits per heavy atom. The molecule has 0 radical (unpaired) electrons. The van der Waals surface area contributed by atoms with Crippen LogP contribution in [-0.4, -0.2) is 18.5 Å². The molecule has 6 nitrogen and oxygen atoms in total. The summed E-state index contributed by atoms with van der Waals surface area (Å²) in [5.74, 6) is -0.867. The van der Waals surface area contributed by atoms with Crippen molar-refractivity contribution in [2.24, 2.45) is 0 Å². The van der Waals surface area contributed by atoms with E-state index in [4.69, 9.17) is 26.3 Å². The van der Waals surface area contributed by atoms with Crippen LogP contribution in [-0.2, 0) is 16.1 Å². The van der Waals surface area contributed by atoms with Gasteiger partial charge in [-0.05, 0) is 41.3 Å². The molecule has 0 aliphatic heterocycles. The summed E-state index contributed by atoms with van der Waals surface area (Å²) in [6, 6.07) is 17.4. The molecule has 1 N–H and O–H groups in total. The second-order valence-electron chi connectivity index (χ2n) is 5.81. The van der Waals surface area contributed by atoms with Gasteiger partial charge < -0.3 is 14.8 Å². The van der Waals surface area contributed by atoms with Crippen LogP contribution in [0, 0.1) is 11.3 Å². The van der Waals surface area contributed by atoms with Crippen molar-refractivity contribution in [3.05, 3.63) is 81.7 Å². The third kappa shape index (κ3) is 5.57. The van der Waals surface area contributed by atoms with Gasteiger partial charge in [0.1, 0.15) is 29.0 Å². The average Bonchev–Trinajstić information content (AvgIpc) is 3.19. The number of nitrogens with zero attached hydrogens (tertiary/aromatic N) is 1. The zero-order chi connectivity index (χ0) is 20.6. The van der Waals surface area contributed by atoms with E-state index < -0.39 is 18.5 Å². The van der Waals surface area contributed by atoms with Gasteiger partial charge in [-0.1, -0.05) is 35.9 Å². The highest BCUT2D eigenvalue weighted by Gasteiger charge is 2.16. The first-order valence-corrected chi connectivity index (χ1v) is 9.73. The van der Waals surface area contributed by atoms with Crippen LogP contribution in [0.5, 0.6) is 5.75 Å². The molecule has 2 aromatic carbocycles. The van der Waals surface area contributed by atoms with Crippen molar-refractivity contribution >= 4 is 39.8 Å². The van der Waals surface area contributed by atoms with Crippen LogP contribution in [0.2, 0.25) is 5.02 Å². The Balaban J connectivity index is 1.58. The SMILES string of the molecule is N#Cc1ccsc1NC(=O)COC(=O)c1ccccc1OCc1ccc(Cl)cc1. The van der Waals surface area contributed by atoms with Gasteiger partial charge in [0.15, 0.2) is 6.61 Å². The number of carbonyl (C=O) groups excluding carboxylic acids is 2. The number of hydrogen-bond acceptors (Lipinski definition) is 6. The molecule has 0 aliphatic rings. The van der Waals surface area contributed by atoms with E-state index in [0.717, 1.165) is 5.56 Å². The van der Waals surface area contributed by atoms with Crippen LogP contribution in [0.4, 0.5) is 5.00 Å². The molecule has 0 fully saturated rings. The number of para-hydroxylation sites is 1. The summed E-state index contributed by atoms with van der Waals surface area (Å²) in [5.41, 5.74) is 1.46. The van der Waals surface area contributed by atoms with Gasteiger partial charge in [-0.2, -0.15) is 5.26 Å². The monoisotopic (exact) mass is 426 g/mol. The Morgan fingerprint density at radius 1 is 1.10 bits per heavy atom. The topological polar surface area (TPSA) is 88.4 Å². The fourth-order valence-corrected chi connectivity index (χ4v) is 3.25. The van der Waals surface area contributed by atoms with E-state index in [0.29, 0.717) is 21.3 Å². The van der Waals surface area contributed by atoms with Crippen LogP contribution in [0.3, 0.4) is 0 Å². The number of hydrogen-bond donors (Lipinski definition) is 1. The first kappa shape index (κ1) is 20.4. The molecule has 0 bridgehead atoms. The van der Waals surface area contributed by atoms with E-state index in [1.54, 1.807) is 47.8 Å². The highest BCUT2D eigenvalue weighted by molar-refractivity contribution is 7.14. The Hall–Kier alpha value is -3.34. The normalized spacial score (nSPS) is 10.1. The first-order valence-electron chi connectivity index (χ1n) is 8.47. The fraction of sp³-hybridized carbons (Fsp3) is 0.0952. The van der Waals surface area contributed by atoms with E-state index in [9.17, 15) is 9.59 Å². The summed E-state index contributed by atoms with van der Waals surface area (Å²) in [7, 11) is 0. The lowest BCUT2D eigenvalue weighted by molar-refractivity contribution is -0.119. The number of rotatable bonds is 7. The average molecular weight is 427 g/mol. The number of nitriles is 1. The Morgan fingerprint density at radius 2 is 1.86 bits per heavy atom. The van der Waals surface area contributed by atoms with Crippen molar-refractivity contribution < 1.29 is 19.1 Å². The number of anilines is 1. The van der Waals surface area contributed by atoms with Gasteiger partial charge in [0.2, 0.25) is 0 Å². The lowest BCUT2D eigenvalue weighted by Crippen LogP contribution is -2.21. The van der Waals surface area contributed by atoms with E-state index in [1.165, 1.54) is 11.3 Å². The maximum absolute atomic E-state index is 12.4. The molecule has 0 atom stereocenters. The summed E-state index contributed by atoms with van der Waals surface area (Å²) >= 11 is 7.09. The molecular weight excluding hydrogens is 412 g/mol. The molecule has 0 saturated carbocycles. The van der Waals surface area contributed by atoms with E-state index in [1.807, 2.05) is 18.2 Å². The number of amides is 1. The summed E-state index contributed by atoms with van der Waals surface area (Å²) in [5, 5.41) is 14.2. The van der Waals surface area contributed by atoms with E-state index in [2.05, 4.69) is 5.32 Å². The standard InChI is InChI=1S/C21H15ClN2O4S/c22-16-7-5-14(6-8-16)12-27-18-4-2-1-3-17(18)21(26)28-13-19(25)24-20-15(11-23)9-10-29-20/h1-10H,12-13H2,(H,24,25). The number of nitrogens with one attached hydrogen (secondary N) is 1. The molecule has 8 heteroatoms. The summed E-state index contributed by atoms with van der Waals surface area (Å²) in [6.07, 6.45) is 0. The van der Waals surface area contributed by atoms with Crippen molar-refractivity contribution in [2.45, 2.75) is 6.61 Å². The van der Waals surface area contributed by atoms with Crippen molar-refractivity contribution in [1.29, 1.82) is 5.26 Å². The Kier molecular flexibility index (Phi) is 6.85. The second-order valence-corrected chi connectivity index (χ2v) is 7.16. The van der Waals surface area contributed by atoms with Gasteiger partial charge >= 0.3 is 5.97 Å². The highest BCUT2D eigenvalue weighted by Crippen LogP contribution is 2.23. The number of halogens is 1. The molecule has 146 valence electrons. The molecular formula is C21H15ClN2O4S. The smallest absolute Gasteiger partial charge is 0.342 e. The Bertz CT molecular complexity index is 1060. The first-order chi connectivity index (χ1) is 14.1. The molecule has 1 aromatic heterocycles. The van der Waals surface area contributed by atoms with Gasteiger partial charge in [0.25, 0.3) is 5.91 Å². The minimum Gasteiger partial charge on any atom is -0.488 e. The molecule has 0 unspecified atom stereocenters. The fourth-order valence-electron chi connectivity index (χ4n) is 2.37. The van der Waals surface area contributed by atoms with Crippen molar-refractivity contribution in [1.82, 2.24) is 0 Å². The zero-order valence-electron chi connectivity index (χ0n) is 15.1. The zero-order valence-corrected chi connectivity index (χ0v) is 16.6. The Labute approximate surface area is 176 Å². The van der Waals surface area contributed by atoms with Crippen LogP contribution in [0.25, 0.3) is 0 Å². The molecule has 29 heavy (non-hydrogen) atoms. The molecule has 0 aliphatic carbocycles. The maximum Gasteiger partial charge on any atom is 0.342 e. The quantitative estimate of drug-likeness (QED) is 0.555. The lowest BCUT2D eigenvalue weighted by Gasteiger charge is -2.11. The predicted molar refractivity (Wildman–Crippen MR) is 110 cm³/mol. The van der Waals surface area contributed by atoms with Crippen LogP contribution in [0.15, 0.2) is 60.0 Å². The van der Waals surface area contributed by atoms with Crippen molar-refractivity contribution in [2.75, 3.05) is 11.9 Å². The van der Waals surface area contributed by atoms with E-state index in [-0.39, 0.29) is 12.2 Å². The largest absolute Gasteiger partial charge is 0.488 e. The molecule has 0 spiro atoms. The number of carbonyl (C=O) groups is 2. The minimum atomic E-state index is -0.682. The summed E-state index contributed by atoms with van der Waals surface area (Å²) in [6.45, 7) is -0.232. The third-order valence-electron chi connectivity index (χ3n) is 3.79. The minimum absolute atomic E-state index is 0.211. The summed E-state index contributed by atoms with van der Waals surface area (Å²) < 4.78 is 10.8. The maximum atomic E-state index is 12.4.